The first kappa shape index (κ1) is 16.8. The van der Waals surface area contributed by atoms with E-state index in [9.17, 15) is 14.7 Å². The van der Waals surface area contributed by atoms with Crippen molar-refractivity contribution < 1.29 is 14.7 Å². The maximum Gasteiger partial charge on any atom is 0.311 e. The number of aliphatic carboxylic acids is 1. The van der Waals surface area contributed by atoms with E-state index in [0.29, 0.717) is 18.4 Å². The minimum atomic E-state index is -0.909. The van der Waals surface area contributed by atoms with E-state index in [1.54, 1.807) is 12.1 Å². The molecule has 2 aromatic rings. The lowest BCUT2D eigenvalue weighted by molar-refractivity contribution is -0.149. The van der Waals surface area contributed by atoms with Crippen molar-refractivity contribution in [3.05, 3.63) is 54.4 Å². The highest BCUT2D eigenvalue weighted by molar-refractivity contribution is 5.95. The van der Waals surface area contributed by atoms with Crippen LogP contribution in [-0.2, 0) is 4.79 Å². The highest BCUT2D eigenvalue weighted by Crippen LogP contribution is 2.25. The van der Waals surface area contributed by atoms with Crippen molar-refractivity contribution in [1.82, 2.24) is 9.88 Å². The second-order valence-corrected chi connectivity index (χ2v) is 5.62. The molecule has 0 saturated carbocycles. The summed E-state index contributed by atoms with van der Waals surface area (Å²) in [6, 6.07) is 11.1. The van der Waals surface area contributed by atoms with Crippen LogP contribution in [0.15, 0.2) is 48.8 Å². The van der Waals surface area contributed by atoms with E-state index < -0.39 is 11.4 Å². The Morgan fingerprint density at radius 1 is 1.13 bits per heavy atom. The summed E-state index contributed by atoms with van der Waals surface area (Å²) in [6.07, 6.45) is 4.76. The highest BCUT2D eigenvalue weighted by Gasteiger charge is 2.35. The lowest BCUT2D eigenvalue weighted by Gasteiger charge is -2.26. The molecule has 0 aliphatic heterocycles. The van der Waals surface area contributed by atoms with Gasteiger partial charge in [-0.2, -0.15) is 0 Å². The third kappa shape index (κ3) is 3.62. The van der Waals surface area contributed by atoms with E-state index in [1.165, 1.54) is 0 Å². The first-order valence-corrected chi connectivity index (χ1v) is 7.77. The Hall–Kier alpha value is -2.56. The van der Waals surface area contributed by atoms with E-state index in [0.717, 1.165) is 5.69 Å². The van der Waals surface area contributed by atoms with Gasteiger partial charge in [-0.05, 0) is 43.2 Å². The summed E-state index contributed by atoms with van der Waals surface area (Å²) in [5.74, 6) is -1.13. The number of benzene rings is 1. The number of carbonyl (C=O) groups excluding carboxylic acids is 1. The fourth-order valence-corrected chi connectivity index (χ4v) is 2.54. The van der Waals surface area contributed by atoms with Crippen molar-refractivity contribution in [1.29, 1.82) is 0 Å². The molecular formula is C18H22N2O3. The van der Waals surface area contributed by atoms with Crippen LogP contribution in [0.1, 0.15) is 37.0 Å². The van der Waals surface area contributed by atoms with Gasteiger partial charge in [-0.1, -0.05) is 19.9 Å². The SMILES string of the molecule is CCC(CC)(CNC(=O)c1cccc(-n2cccc2)c1)C(=O)O. The van der Waals surface area contributed by atoms with Gasteiger partial charge in [0.1, 0.15) is 0 Å². The van der Waals surface area contributed by atoms with Gasteiger partial charge >= 0.3 is 5.97 Å². The Bertz CT molecular complexity index is 673. The van der Waals surface area contributed by atoms with E-state index >= 15 is 0 Å². The number of nitrogens with one attached hydrogen (secondary N) is 1. The summed E-state index contributed by atoms with van der Waals surface area (Å²) in [5.41, 5.74) is 0.495. The zero-order chi connectivity index (χ0) is 16.9. The number of aromatic nitrogens is 1. The molecule has 5 nitrogen and oxygen atoms in total. The molecule has 1 amide bonds. The quantitative estimate of drug-likeness (QED) is 0.825. The van der Waals surface area contributed by atoms with Gasteiger partial charge < -0.3 is 15.0 Å². The van der Waals surface area contributed by atoms with Gasteiger partial charge in [-0.3, -0.25) is 9.59 Å². The summed E-state index contributed by atoms with van der Waals surface area (Å²) in [5, 5.41) is 12.2. The molecule has 0 bridgehead atoms. The Morgan fingerprint density at radius 3 is 2.35 bits per heavy atom. The summed E-state index contributed by atoms with van der Waals surface area (Å²) in [7, 11) is 0. The van der Waals surface area contributed by atoms with Crippen LogP contribution in [0.3, 0.4) is 0 Å². The molecule has 0 saturated heterocycles. The molecule has 122 valence electrons. The first-order chi connectivity index (χ1) is 11.0. The minimum absolute atomic E-state index is 0.127. The summed E-state index contributed by atoms with van der Waals surface area (Å²) in [6.45, 7) is 3.79. The van der Waals surface area contributed by atoms with Crippen molar-refractivity contribution in [3.8, 4) is 5.69 Å². The summed E-state index contributed by atoms with van der Waals surface area (Å²) in [4.78, 5) is 23.8. The highest BCUT2D eigenvalue weighted by atomic mass is 16.4. The van der Waals surface area contributed by atoms with Gasteiger partial charge in [-0.25, -0.2) is 0 Å². The second-order valence-electron chi connectivity index (χ2n) is 5.62. The normalized spacial score (nSPS) is 11.2. The Balaban J connectivity index is 2.12. The molecule has 0 aliphatic carbocycles. The van der Waals surface area contributed by atoms with Crippen molar-refractivity contribution in [2.75, 3.05) is 6.54 Å². The van der Waals surface area contributed by atoms with Crippen molar-refractivity contribution in [2.24, 2.45) is 5.41 Å². The van der Waals surface area contributed by atoms with Gasteiger partial charge in [0.25, 0.3) is 5.91 Å². The molecule has 0 unspecified atom stereocenters. The Morgan fingerprint density at radius 2 is 1.78 bits per heavy atom. The zero-order valence-electron chi connectivity index (χ0n) is 13.5. The third-order valence-electron chi connectivity index (χ3n) is 4.41. The van der Waals surface area contributed by atoms with Crippen LogP contribution < -0.4 is 5.32 Å². The molecular weight excluding hydrogens is 292 g/mol. The van der Waals surface area contributed by atoms with Crippen molar-refractivity contribution in [3.63, 3.8) is 0 Å². The number of hydrogen-bond donors (Lipinski definition) is 2. The van der Waals surface area contributed by atoms with E-state index in [-0.39, 0.29) is 12.5 Å². The molecule has 23 heavy (non-hydrogen) atoms. The molecule has 2 rings (SSSR count). The summed E-state index contributed by atoms with van der Waals surface area (Å²) >= 11 is 0. The van der Waals surface area contributed by atoms with Crippen LogP contribution in [0, 0.1) is 5.41 Å². The minimum Gasteiger partial charge on any atom is -0.481 e. The average molecular weight is 314 g/mol. The van der Waals surface area contributed by atoms with E-state index in [2.05, 4.69) is 5.32 Å². The fourth-order valence-electron chi connectivity index (χ4n) is 2.54. The van der Waals surface area contributed by atoms with Gasteiger partial charge in [0.15, 0.2) is 0 Å². The molecule has 0 radical (unpaired) electrons. The maximum atomic E-state index is 12.4. The largest absolute Gasteiger partial charge is 0.481 e. The van der Waals surface area contributed by atoms with E-state index in [1.807, 2.05) is 55.1 Å². The number of nitrogens with zero attached hydrogens (tertiary/aromatic N) is 1. The number of carboxylic acid groups (broad SMARTS) is 1. The van der Waals surface area contributed by atoms with Crippen LogP contribution in [0.25, 0.3) is 5.69 Å². The monoisotopic (exact) mass is 314 g/mol. The Kier molecular flexibility index (Phi) is 5.21. The molecule has 0 fully saturated rings. The zero-order valence-corrected chi connectivity index (χ0v) is 13.5. The third-order valence-corrected chi connectivity index (χ3v) is 4.41. The summed E-state index contributed by atoms with van der Waals surface area (Å²) < 4.78 is 1.91. The van der Waals surface area contributed by atoms with Crippen LogP contribution >= 0.6 is 0 Å². The molecule has 1 aromatic carbocycles. The van der Waals surface area contributed by atoms with Crippen LogP contribution in [-0.4, -0.2) is 28.1 Å². The number of carbonyl (C=O) groups is 2. The standard InChI is InChI=1S/C18H22N2O3/c1-3-18(4-2,17(22)23)13-19-16(21)14-8-7-9-15(12-14)20-10-5-6-11-20/h5-12H,3-4,13H2,1-2H3,(H,19,21)(H,22,23). The fraction of sp³-hybridized carbons (Fsp3) is 0.333. The molecule has 1 heterocycles. The second kappa shape index (κ2) is 7.13. The number of rotatable bonds is 7. The molecule has 0 atom stereocenters. The first-order valence-electron chi connectivity index (χ1n) is 7.77. The lowest BCUT2D eigenvalue weighted by Crippen LogP contribution is -2.42. The number of amides is 1. The average Bonchev–Trinajstić information content (AvgIpc) is 3.10. The predicted octanol–water partition coefficient (Wildman–Crippen LogP) is 3.10. The van der Waals surface area contributed by atoms with Gasteiger partial charge in [0.2, 0.25) is 0 Å². The van der Waals surface area contributed by atoms with Crippen molar-refractivity contribution >= 4 is 11.9 Å². The molecule has 0 spiro atoms. The van der Waals surface area contributed by atoms with Crippen LogP contribution in [0.5, 0.6) is 0 Å². The topological polar surface area (TPSA) is 71.3 Å². The number of hydrogen-bond acceptors (Lipinski definition) is 2. The molecule has 0 aliphatic rings. The lowest BCUT2D eigenvalue weighted by atomic mass is 9.82. The van der Waals surface area contributed by atoms with Gasteiger partial charge in [0, 0.05) is 30.2 Å². The van der Waals surface area contributed by atoms with Crippen molar-refractivity contribution in [2.45, 2.75) is 26.7 Å². The predicted molar refractivity (Wildman–Crippen MR) is 88.8 cm³/mol. The smallest absolute Gasteiger partial charge is 0.311 e. The maximum absolute atomic E-state index is 12.4. The van der Waals surface area contributed by atoms with Crippen LogP contribution in [0.2, 0.25) is 0 Å². The van der Waals surface area contributed by atoms with Gasteiger partial charge in [0.05, 0.1) is 5.41 Å². The molecule has 2 N–H and O–H groups in total. The molecule has 1 aromatic heterocycles. The number of carboxylic acids is 1. The van der Waals surface area contributed by atoms with Crippen LogP contribution in [0.4, 0.5) is 0 Å². The Labute approximate surface area is 135 Å². The molecule has 5 heteroatoms. The van der Waals surface area contributed by atoms with E-state index in [4.69, 9.17) is 0 Å². The van der Waals surface area contributed by atoms with Gasteiger partial charge in [-0.15, -0.1) is 0 Å².